The second-order valence-electron chi connectivity index (χ2n) is 7.22. The van der Waals surface area contributed by atoms with Crippen molar-refractivity contribution in [2.75, 3.05) is 6.61 Å². The van der Waals surface area contributed by atoms with E-state index in [2.05, 4.69) is 6.92 Å². The minimum atomic E-state index is -0.752. The van der Waals surface area contributed by atoms with Crippen LogP contribution in [0.25, 0.3) is 11.0 Å². The number of hydrogen-bond acceptors (Lipinski definition) is 7. The molecule has 0 radical (unpaired) electrons. The summed E-state index contributed by atoms with van der Waals surface area (Å²) in [7, 11) is 0. The Kier molecular flexibility index (Phi) is 9.38. The van der Waals surface area contributed by atoms with Crippen molar-refractivity contribution in [3.05, 3.63) is 28.6 Å². The summed E-state index contributed by atoms with van der Waals surface area (Å²) in [6.07, 6.45) is 9.14. The van der Waals surface area contributed by atoms with Gasteiger partial charge in [0.15, 0.2) is 5.75 Å². The van der Waals surface area contributed by atoms with E-state index in [1.807, 2.05) is 0 Å². The van der Waals surface area contributed by atoms with Gasteiger partial charge in [0.1, 0.15) is 11.3 Å². The fourth-order valence-electron chi connectivity index (χ4n) is 3.15. The summed E-state index contributed by atoms with van der Waals surface area (Å²) >= 11 is 0. The van der Waals surface area contributed by atoms with Crippen LogP contribution < -0.4 is 19.8 Å². The van der Waals surface area contributed by atoms with Crippen LogP contribution in [-0.2, 0) is 9.59 Å². The van der Waals surface area contributed by atoms with Crippen LogP contribution >= 0.6 is 0 Å². The molecule has 0 bridgehead atoms. The van der Waals surface area contributed by atoms with Crippen LogP contribution in [0.2, 0.25) is 0 Å². The van der Waals surface area contributed by atoms with Crippen molar-refractivity contribution in [2.24, 2.45) is 0 Å². The summed E-state index contributed by atoms with van der Waals surface area (Å²) in [5.41, 5.74) is -0.618. The number of carbonyl (C=O) groups excluding carboxylic acids is 2. The Hall–Kier alpha value is -2.83. The third-order valence-corrected chi connectivity index (χ3v) is 4.54. The van der Waals surface area contributed by atoms with Gasteiger partial charge in [0.2, 0.25) is 5.75 Å². The molecule has 0 amide bonds. The van der Waals surface area contributed by atoms with Crippen LogP contribution in [-0.4, -0.2) is 18.5 Å². The maximum absolute atomic E-state index is 12.4. The Morgan fingerprint density at radius 3 is 2.13 bits per heavy atom. The molecule has 2 aromatic rings. The van der Waals surface area contributed by atoms with Gasteiger partial charge in [0.25, 0.3) is 0 Å². The average molecular weight is 418 g/mol. The van der Waals surface area contributed by atoms with E-state index in [9.17, 15) is 14.4 Å². The summed E-state index contributed by atoms with van der Waals surface area (Å²) < 4.78 is 21.2. The zero-order valence-electron chi connectivity index (χ0n) is 18.0. The molecule has 1 heterocycles. The highest BCUT2D eigenvalue weighted by atomic mass is 16.6. The molecule has 164 valence electrons. The predicted octanol–water partition coefficient (Wildman–Crippen LogP) is 5.16. The molecule has 1 aromatic carbocycles. The molecule has 0 saturated carbocycles. The highest BCUT2D eigenvalue weighted by molar-refractivity contribution is 5.89. The summed E-state index contributed by atoms with van der Waals surface area (Å²) in [6, 6.07) is 4.48. The molecule has 0 spiro atoms. The number of benzene rings is 1. The van der Waals surface area contributed by atoms with E-state index in [0.29, 0.717) is 12.0 Å². The van der Waals surface area contributed by atoms with Crippen molar-refractivity contribution in [2.45, 2.75) is 72.1 Å². The Labute approximate surface area is 176 Å². The van der Waals surface area contributed by atoms with Gasteiger partial charge in [-0.15, -0.1) is 0 Å². The molecule has 0 N–H and O–H groups in total. The van der Waals surface area contributed by atoms with Crippen molar-refractivity contribution in [3.63, 3.8) is 0 Å². The topological polar surface area (TPSA) is 92.0 Å². The molecule has 1 aromatic heterocycles. The van der Waals surface area contributed by atoms with E-state index in [0.717, 1.165) is 19.3 Å². The summed E-state index contributed by atoms with van der Waals surface area (Å²) in [5.74, 6) is -0.965. The SMILES string of the molecule is CCCCCCCCCCOc1c(OC(C)=O)c2ccc(OC(C)=O)cc2oc1=O. The summed E-state index contributed by atoms with van der Waals surface area (Å²) in [5, 5.41) is 0.381. The minimum absolute atomic E-state index is 0.0164. The van der Waals surface area contributed by atoms with Crippen LogP contribution in [0.4, 0.5) is 0 Å². The van der Waals surface area contributed by atoms with Gasteiger partial charge in [-0.25, -0.2) is 4.79 Å². The highest BCUT2D eigenvalue weighted by Gasteiger charge is 2.20. The molecule has 30 heavy (non-hydrogen) atoms. The molecular weight excluding hydrogens is 388 g/mol. The lowest BCUT2D eigenvalue weighted by atomic mass is 10.1. The Morgan fingerprint density at radius 2 is 1.50 bits per heavy atom. The molecule has 7 nitrogen and oxygen atoms in total. The monoisotopic (exact) mass is 418 g/mol. The molecule has 0 atom stereocenters. The van der Waals surface area contributed by atoms with Crippen molar-refractivity contribution in [3.8, 4) is 17.2 Å². The second kappa shape index (κ2) is 12.0. The summed E-state index contributed by atoms with van der Waals surface area (Å²) in [6.45, 7) is 5.04. The quantitative estimate of drug-likeness (QED) is 0.203. The number of hydrogen-bond donors (Lipinski definition) is 0. The molecule has 0 saturated heterocycles. The molecule has 2 rings (SSSR count). The van der Waals surface area contributed by atoms with E-state index in [1.165, 1.54) is 58.1 Å². The van der Waals surface area contributed by atoms with Gasteiger partial charge in [-0.2, -0.15) is 0 Å². The zero-order valence-corrected chi connectivity index (χ0v) is 18.0. The van der Waals surface area contributed by atoms with E-state index in [4.69, 9.17) is 18.6 Å². The highest BCUT2D eigenvalue weighted by Crippen LogP contribution is 2.35. The molecular formula is C23H30O7. The van der Waals surface area contributed by atoms with Gasteiger partial charge in [0, 0.05) is 19.9 Å². The fourth-order valence-corrected chi connectivity index (χ4v) is 3.15. The fraction of sp³-hybridized carbons (Fsp3) is 0.522. The normalized spacial score (nSPS) is 10.8. The van der Waals surface area contributed by atoms with E-state index in [-0.39, 0.29) is 22.8 Å². The maximum Gasteiger partial charge on any atom is 0.383 e. The number of esters is 2. The Balaban J connectivity index is 2.08. The number of rotatable bonds is 12. The number of carbonyl (C=O) groups is 2. The van der Waals surface area contributed by atoms with E-state index in [1.54, 1.807) is 6.07 Å². The third-order valence-electron chi connectivity index (χ3n) is 4.54. The maximum atomic E-state index is 12.4. The molecule has 0 unspecified atom stereocenters. The Bertz CT molecular complexity index is 914. The van der Waals surface area contributed by atoms with Gasteiger partial charge in [-0.05, 0) is 18.6 Å². The minimum Gasteiger partial charge on any atom is -0.484 e. The first kappa shape index (κ1) is 23.4. The Morgan fingerprint density at radius 1 is 0.867 bits per heavy atom. The smallest absolute Gasteiger partial charge is 0.383 e. The lowest BCUT2D eigenvalue weighted by Gasteiger charge is -2.12. The lowest BCUT2D eigenvalue weighted by Crippen LogP contribution is -2.13. The molecule has 0 aliphatic heterocycles. The molecule has 0 aliphatic carbocycles. The number of ether oxygens (including phenoxy) is 3. The van der Waals surface area contributed by atoms with Crippen LogP contribution in [0.1, 0.15) is 72.1 Å². The largest absolute Gasteiger partial charge is 0.484 e. The summed E-state index contributed by atoms with van der Waals surface area (Å²) in [4.78, 5) is 35.2. The van der Waals surface area contributed by atoms with Crippen LogP contribution in [0.5, 0.6) is 17.2 Å². The average Bonchev–Trinajstić information content (AvgIpc) is 2.67. The van der Waals surface area contributed by atoms with Gasteiger partial charge >= 0.3 is 17.6 Å². The molecule has 0 aliphatic rings. The third kappa shape index (κ3) is 7.21. The van der Waals surface area contributed by atoms with E-state index < -0.39 is 17.6 Å². The van der Waals surface area contributed by atoms with Crippen molar-refractivity contribution in [1.29, 1.82) is 0 Å². The van der Waals surface area contributed by atoms with Gasteiger partial charge < -0.3 is 18.6 Å². The van der Waals surface area contributed by atoms with Gasteiger partial charge in [0.05, 0.1) is 12.0 Å². The van der Waals surface area contributed by atoms with Crippen LogP contribution in [0.15, 0.2) is 27.4 Å². The number of unbranched alkanes of at least 4 members (excludes halogenated alkanes) is 7. The van der Waals surface area contributed by atoms with Crippen LogP contribution in [0.3, 0.4) is 0 Å². The first-order valence-corrected chi connectivity index (χ1v) is 10.5. The molecule has 0 fully saturated rings. The van der Waals surface area contributed by atoms with Crippen LogP contribution in [0, 0.1) is 0 Å². The molecule has 7 heteroatoms. The van der Waals surface area contributed by atoms with Gasteiger partial charge in [-0.3, -0.25) is 9.59 Å². The number of fused-ring (bicyclic) bond motifs is 1. The van der Waals surface area contributed by atoms with Crippen molar-refractivity contribution < 1.29 is 28.2 Å². The van der Waals surface area contributed by atoms with Crippen molar-refractivity contribution >= 4 is 22.9 Å². The standard InChI is InChI=1S/C23H30O7/c1-4-5-6-7-8-9-10-11-14-27-22-21(29-17(3)25)19-13-12-18(28-16(2)24)15-20(19)30-23(22)26/h12-13,15H,4-11,14H2,1-3H3. The van der Waals surface area contributed by atoms with Gasteiger partial charge in [-0.1, -0.05) is 51.9 Å². The first-order valence-electron chi connectivity index (χ1n) is 10.5. The van der Waals surface area contributed by atoms with Crippen molar-refractivity contribution in [1.82, 2.24) is 0 Å². The van der Waals surface area contributed by atoms with E-state index >= 15 is 0 Å². The second-order valence-corrected chi connectivity index (χ2v) is 7.22. The first-order chi connectivity index (χ1) is 14.4. The zero-order chi connectivity index (χ0) is 21.9. The predicted molar refractivity (Wildman–Crippen MR) is 113 cm³/mol. The lowest BCUT2D eigenvalue weighted by molar-refractivity contribution is -0.132.